The molecule has 1 amide bonds. The molecule has 1 aliphatic heterocycles. The minimum absolute atomic E-state index is 0.0838. The van der Waals surface area contributed by atoms with Crippen molar-refractivity contribution in [1.29, 1.82) is 0 Å². The topological polar surface area (TPSA) is 92.9 Å². The average Bonchev–Trinajstić information content (AvgIpc) is 3.11. The molecule has 1 aromatic heterocycles. The highest BCUT2D eigenvalue weighted by molar-refractivity contribution is 5.86. The Labute approximate surface area is 138 Å². The molecule has 2 aromatic rings. The van der Waals surface area contributed by atoms with Gasteiger partial charge in [0.1, 0.15) is 12.4 Å². The van der Waals surface area contributed by atoms with Gasteiger partial charge in [0.15, 0.2) is 12.1 Å². The Morgan fingerprint density at radius 1 is 1.33 bits per heavy atom. The van der Waals surface area contributed by atoms with Crippen LogP contribution in [0.4, 0.5) is 4.79 Å². The Morgan fingerprint density at radius 3 is 2.88 bits per heavy atom. The van der Waals surface area contributed by atoms with Crippen molar-refractivity contribution in [3.05, 3.63) is 53.7 Å². The summed E-state index contributed by atoms with van der Waals surface area (Å²) in [6, 6.07) is 9.45. The van der Waals surface area contributed by atoms with E-state index in [4.69, 9.17) is 14.3 Å². The summed E-state index contributed by atoms with van der Waals surface area (Å²) < 4.78 is 10.6. The van der Waals surface area contributed by atoms with Crippen LogP contribution in [0, 0.1) is 0 Å². The van der Waals surface area contributed by atoms with Gasteiger partial charge in [-0.3, -0.25) is 0 Å². The number of rotatable bonds is 4. The molecular weight excluding hydrogens is 312 g/mol. The molecule has 0 radical (unpaired) electrons. The molecule has 7 nitrogen and oxygen atoms in total. The zero-order chi connectivity index (χ0) is 16.9. The number of amides is 1. The predicted molar refractivity (Wildman–Crippen MR) is 83.6 cm³/mol. The minimum atomic E-state index is -1.12. The second kappa shape index (κ2) is 7.16. The van der Waals surface area contributed by atoms with E-state index in [1.165, 1.54) is 0 Å². The maximum atomic E-state index is 12.2. The Balaban J connectivity index is 1.61. The van der Waals surface area contributed by atoms with E-state index in [-0.39, 0.29) is 18.2 Å². The van der Waals surface area contributed by atoms with E-state index in [0.717, 1.165) is 24.8 Å². The number of piperidine rings is 1. The van der Waals surface area contributed by atoms with Crippen LogP contribution in [-0.2, 0) is 11.3 Å². The molecule has 0 unspecified atom stereocenters. The Hall–Kier alpha value is -2.83. The highest BCUT2D eigenvalue weighted by atomic mass is 16.6. The quantitative estimate of drug-likeness (QED) is 0.926. The molecule has 0 spiro atoms. The predicted octanol–water partition coefficient (Wildman–Crippen LogP) is 2.89. The minimum Gasteiger partial charge on any atom is -0.476 e. The number of aromatic carboxylic acids is 1. The molecule has 1 atom stereocenters. The maximum Gasteiger partial charge on any atom is 0.410 e. The van der Waals surface area contributed by atoms with Crippen LogP contribution in [0.15, 0.2) is 41.1 Å². The van der Waals surface area contributed by atoms with Crippen LogP contribution in [0.5, 0.6) is 0 Å². The first-order valence-electron chi connectivity index (χ1n) is 7.77. The van der Waals surface area contributed by atoms with E-state index in [1.54, 1.807) is 4.90 Å². The average molecular weight is 330 g/mol. The molecule has 1 saturated heterocycles. The number of likely N-dealkylation sites (tertiary alicyclic amines) is 1. The monoisotopic (exact) mass is 330 g/mol. The molecule has 7 heteroatoms. The summed E-state index contributed by atoms with van der Waals surface area (Å²) in [6.07, 6.45) is 2.23. The van der Waals surface area contributed by atoms with Gasteiger partial charge in [0.25, 0.3) is 0 Å². The highest BCUT2D eigenvalue weighted by Gasteiger charge is 2.31. The molecule has 1 aliphatic rings. The number of carboxylic acids is 1. The van der Waals surface area contributed by atoms with E-state index >= 15 is 0 Å². The van der Waals surface area contributed by atoms with Gasteiger partial charge < -0.3 is 19.2 Å². The van der Waals surface area contributed by atoms with E-state index < -0.39 is 12.1 Å². The van der Waals surface area contributed by atoms with Crippen molar-refractivity contribution in [3.63, 3.8) is 0 Å². The van der Waals surface area contributed by atoms with Gasteiger partial charge in [0, 0.05) is 19.0 Å². The third-order valence-electron chi connectivity index (χ3n) is 4.05. The normalized spacial score (nSPS) is 17.5. The summed E-state index contributed by atoms with van der Waals surface area (Å²) in [6.45, 7) is 1.16. The molecule has 0 aliphatic carbocycles. The number of hydrogen-bond donors (Lipinski definition) is 1. The number of hydrogen-bond acceptors (Lipinski definition) is 5. The van der Waals surface area contributed by atoms with E-state index in [1.807, 2.05) is 30.3 Å². The van der Waals surface area contributed by atoms with Crippen molar-refractivity contribution in [2.45, 2.75) is 25.4 Å². The van der Waals surface area contributed by atoms with Crippen molar-refractivity contribution in [1.82, 2.24) is 9.88 Å². The molecule has 0 saturated carbocycles. The fourth-order valence-electron chi connectivity index (χ4n) is 2.87. The SMILES string of the molecule is O=C(O)c1ncoc1[C@@H]1CCCN(C(=O)OCc2ccccc2)C1. The number of nitrogens with zero attached hydrogens (tertiary/aromatic N) is 2. The lowest BCUT2D eigenvalue weighted by molar-refractivity contribution is 0.0685. The lowest BCUT2D eigenvalue weighted by Gasteiger charge is -2.31. The number of carbonyl (C=O) groups excluding carboxylic acids is 1. The Bertz CT molecular complexity index is 713. The first kappa shape index (κ1) is 16.0. The Morgan fingerprint density at radius 2 is 2.12 bits per heavy atom. The lowest BCUT2D eigenvalue weighted by Crippen LogP contribution is -2.39. The molecule has 126 valence electrons. The number of benzene rings is 1. The first-order chi connectivity index (χ1) is 11.6. The molecule has 24 heavy (non-hydrogen) atoms. The van der Waals surface area contributed by atoms with Gasteiger partial charge >= 0.3 is 12.1 Å². The van der Waals surface area contributed by atoms with Crippen molar-refractivity contribution in [2.24, 2.45) is 0 Å². The number of aromatic nitrogens is 1. The second-order valence-electron chi connectivity index (χ2n) is 5.70. The van der Waals surface area contributed by atoms with E-state index in [9.17, 15) is 9.59 Å². The van der Waals surface area contributed by atoms with Crippen LogP contribution in [0.3, 0.4) is 0 Å². The van der Waals surface area contributed by atoms with Crippen LogP contribution in [-0.4, -0.2) is 40.1 Å². The molecule has 1 N–H and O–H groups in total. The van der Waals surface area contributed by atoms with Gasteiger partial charge in [-0.1, -0.05) is 30.3 Å². The van der Waals surface area contributed by atoms with Crippen LogP contribution < -0.4 is 0 Å². The molecular formula is C17H18N2O5. The second-order valence-corrected chi connectivity index (χ2v) is 5.70. The number of carbonyl (C=O) groups is 2. The lowest BCUT2D eigenvalue weighted by atomic mass is 9.94. The third-order valence-corrected chi connectivity index (χ3v) is 4.05. The van der Waals surface area contributed by atoms with Crippen LogP contribution >= 0.6 is 0 Å². The summed E-state index contributed by atoms with van der Waals surface area (Å²) in [5.74, 6) is -0.984. The van der Waals surface area contributed by atoms with Crippen LogP contribution in [0.25, 0.3) is 0 Å². The maximum absolute atomic E-state index is 12.2. The van der Waals surface area contributed by atoms with Crippen molar-refractivity contribution in [2.75, 3.05) is 13.1 Å². The standard InChI is InChI=1S/C17H18N2O5/c20-16(21)14-15(24-11-18-14)13-7-4-8-19(9-13)17(22)23-10-12-5-2-1-3-6-12/h1-3,5-6,11,13H,4,7-10H2,(H,20,21)/t13-/m1/s1. The van der Waals surface area contributed by atoms with Gasteiger partial charge in [-0.25, -0.2) is 14.6 Å². The molecule has 3 rings (SSSR count). The summed E-state index contributed by atoms with van der Waals surface area (Å²) >= 11 is 0. The molecule has 1 fully saturated rings. The van der Waals surface area contributed by atoms with Crippen molar-refractivity contribution >= 4 is 12.1 Å². The van der Waals surface area contributed by atoms with Gasteiger partial charge in [0.2, 0.25) is 0 Å². The molecule has 1 aromatic carbocycles. The number of oxazole rings is 1. The van der Waals surface area contributed by atoms with Crippen molar-refractivity contribution < 1.29 is 23.8 Å². The summed E-state index contributed by atoms with van der Waals surface area (Å²) in [7, 11) is 0. The van der Waals surface area contributed by atoms with E-state index in [2.05, 4.69) is 4.98 Å². The van der Waals surface area contributed by atoms with Crippen LogP contribution in [0.2, 0.25) is 0 Å². The van der Waals surface area contributed by atoms with Crippen molar-refractivity contribution in [3.8, 4) is 0 Å². The summed E-state index contributed by atoms with van der Waals surface area (Å²) in [5, 5.41) is 9.14. The molecule has 2 heterocycles. The highest BCUT2D eigenvalue weighted by Crippen LogP contribution is 2.29. The smallest absolute Gasteiger partial charge is 0.410 e. The third kappa shape index (κ3) is 3.56. The zero-order valence-electron chi connectivity index (χ0n) is 13.1. The fourth-order valence-corrected chi connectivity index (χ4v) is 2.87. The van der Waals surface area contributed by atoms with Gasteiger partial charge in [0.05, 0.1) is 0 Å². The summed E-state index contributed by atoms with van der Waals surface area (Å²) in [4.78, 5) is 28.7. The van der Waals surface area contributed by atoms with Crippen LogP contribution in [0.1, 0.15) is 40.6 Å². The fraction of sp³-hybridized carbons (Fsp3) is 0.353. The van der Waals surface area contributed by atoms with E-state index in [0.29, 0.717) is 18.8 Å². The number of carboxylic acid groups (broad SMARTS) is 1. The Kier molecular flexibility index (Phi) is 4.79. The van der Waals surface area contributed by atoms with Gasteiger partial charge in [-0.15, -0.1) is 0 Å². The first-order valence-corrected chi connectivity index (χ1v) is 7.77. The zero-order valence-corrected chi connectivity index (χ0v) is 13.1. The number of ether oxygens (including phenoxy) is 1. The largest absolute Gasteiger partial charge is 0.476 e. The van der Waals surface area contributed by atoms with Gasteiger partial charge in [-0.05, 0) is 18.4 Å². The molecule has 0 bridgehead atoms. The summed E-state index contributed by atoms with van der Waals surface area (Å²) in [5.41, 5.74) is 0.835. The van der Waals surface area contributed by atoms with Gasteiger partial charge in [-0.2, -0.15) is 0 Å².